The lowest BCUT2D eigenvalue weighted by molar-refractivity contribution is -0.118. The van der Waals surface area contributed by atoms with Crippen molar-refractivity contribution in [1.82, 2.24) is 5.32 Å². The van der Waals surface area contributed by atoms with Gasteiger partial charge < -0.3 is 11.1 Å². The molecule has 0 unspecified atom stereocenters. The van der Waals surface area contributed by atoms with Gasteiger partial charge >= 0.3 is 0 Å². The Balaban J connectivity index is 2.83. The Bertz CT molecular complexity index is 52.8. The molecule has 0 saturated heterocycles. The van der Waals surface area contributed by atoms with E-state index in [0.717, 1.165) is 0 Å². The van der Waals surface area contributed by atoms with Gasteiger partial charge in [-0.1, -0.05) is 0 Å². The van der Waals surface area contributed by atoms with E-state index in [1.165, 1.54) is 6.92 Å². The molecule has 3 heteroatoms. The summed E-state index contributed by atoms with van der Waals surface area (Å²) in [6, 6.07) is 0. The Kier molecular flexibility index (Phi) is 2.40. The van der Waals surface area contributed by atoms with Crippen molar-refractivity contribution >= 4 is 5.91 Å². The molecule has 1 amide bonds. The lowest BCUT2D eigenvalue weighted by Crippen LogP contribution is -2.26. The number of rotatable bonds is 1. The first kappa shape index (κ1) is 5.43. The van der Waals surface area contributed by atoms with Crippen molar-refractivity contribution in [3.8, 4) is 0 Å². The predicted molar refractivity (Wildman–Crippen MR) is 22.9 cm³/mol. The highest BCUT2D eigenvalue weighted by Gasteiger charge is 1.79. The van der Waals surface area contributed by atoms with Crippen molar-refractivity contribution in [1.29, 1.82) is 0 Å². The molecule has 6 heavy (non-hydrogen) atoms. The second-order valence-electron chi connectivity index (χ2n) is 0.937. The van der Waals surface area contributed by atoms with Crippen molar-refractivity contribution in [3.63, 3.8) is 0 Å². The van der Waals surface area contributed by atoms with Crippen LogP contribution in [0.1, 0.15) is 6.92 Å². The first-order valence-corrected chi connectivity index (χ1v) is 1.72. The SMILES string of the molecule is CC(=O)NCN. The second-order valence-corrected chi connectivity index (χ2v) is 0.937. The van der Waals surface area contributed by atoms with Gasteiger partial charge in [0.05, 0.1) is 6.67 Å². The number of hydrogen-bond acceptors (Lipinski definition) is 2. The molecule has 0 aromatic rings. The highest BCUT2D eigenvalue weighted by atomic mass is 16.1. The van der Waals surface area contributed by atoms with Crippen LogP contribution in [0.3, 0.4) is 0 Å². The third kappa shape index (κ3) is 3.43. The van der Waals surface area contributed by atoms with Crippen LogP contribution in [0.15, 0.2) is 0 Å². The third-order valence-corrected chi connectivity index (χ3v) is 0.351. The monoisotopic (exact) mass is 88.1 g/mol. The molecule has 0 spiro atoms. The second kappa shape index (κ2) is 2.66. The Labute approximate surface area is 36.5 Å². The summed E-state index contributed by atoms with van der Waals surface area (Å²) in [5, 5.41) is 2.35. The molecule has 0 aromatic carbocycles. The minimum atomic E-state index is -0.0856. The molecule has 0 rings (SSSR count). The van der Waals surface area contributed by atoms with Crippen LogP contribution in [-0.4, -0.2) is 12.6 Å². The molecule has 36 valence electrons. The smallest absolute Gasteiger partial charge is 0.217 e. The van der Waals surface area contributed by atoms with Gasteiger partial charge in [-0.05, 0) is 0 Å². The van der Waals surface area contributed by atoms with Gasteiger partial charge in [-0.2, -0.15) is 0 Å². The molecule has 0 aliphatic heterocycles. The fourth-order valence-corrected chi connectivity index (χ4v) is 0.144. The quantitative estimate of drug-likeness (QED) is 0.405. The third-order valence-electron chi connectivity index (χ3n) is 0.351. The van der Waals surface area contributed by atoms with Crippen LogP contribution in [0.4, 0.5) is 0 Å². The maximum absolute atomic E-state index is 9.85. The van der Waals surface area contributed by atoms with Gasteiger partial charge in [0.25, 0.3) is 0 Å². The van der Waals surface area contributed by atoms with E-state index in [1.54, 1.807) is 0 Å². The van der Waals surface area contributed by atoms with E-state index in [1.807, 2.05) is 0 Å². The highest BCUT2D eigenvalue weighted by molar-refractivity contribution is 5.72. The molecule has 0 saturated carbocycles. The molecular weight excluding hydrogens is 80.0 g/mol. The lowest BCUT2D eigenvalue weighted by Gasteiger charge is -1.89. The van der Waals surface area contributed by atoms with Crippen LogP contribution in [0.25, 0.3) is 0 Å². The van der Waals surface area contributed by atoms with E-state index in [9.17, 15) is 4.79 Å². The molecule has 0 radical (unpaired) electrons. The van der Waals surface area contributed by atoms with Crippen LogP contribution >= 0.6 is 0 Å². The minimum Gasteiger partial charge on any atom is -0.344 e. The zero-order chi connectivity index (χ0) is 4.99. The van der Waals surface area contributed by atoms with Crippen LogP contribution in [0.2, 0.25) is 0 Å². The van der Waals surface area contributed by atoms with Crippen LogP contribution in [0, 0.1) is 0 Å². The summed E-state index contributed by atoms with van der Waals surface area (Å²) in [7, 11) is 0. The zero-order valence-corrected chi connectivity index (χ0v) is 3.69. The van der Waals surface area contributed by atoms with Crippen molar-refractivity contribution < 1.29 is 4.79 Å². The summed E-state index contributed by atoms with van der Waals surface area (Å²) >= 11 is 0. The van der Waals surface area contributed by atoms with Gasteiger partial charge in [-0.25, -0.2) is 0 Å². The Hall–Kier alpha value is -0.570. The van der Waals surface area contributed by atoms with E-state index in [-0.39, 0.29) is 12.6 Å². The number of carbonyl (C=O) groups excluding carboxylic acids is 1. The molecule has 0 bridgehead atoms. The summed E-state index contributed by atoms with van der Waals surface area (Å²) < 4.78 is 0. The van der Waals surface area contributed by atoms with Crippen molar-refractivity contribution in [2.24, 2.45) is 5.73 Å². The fraction of sp³-hybridized carbons (Fsp3) is 0.667. The van der Waals surface area contributed by atoms with Gasteiger partial charge in [0, 0.05) is 6.92 Å². The van der Waals surface area contributed by atoms with Crippen molar-refractivity contribution in [2.75, 3.05) is 6.67 Å². The maximum Gasteiger partial charge on any atom is 0.217 e. The van der Waals surface area contributed by atoms with Gasteiger partial charge in [0.1, 0.15) is 0 Å². The van der Waals surface area contributed by atoms with Gasteiger partial charge in [0.15, 0.2) is 0 Å². The van der Waals surface area contributed by atoms with Crippen molar-refractivity contribution in [2.45, 2.75) is 6.92 Å². The van der Waals surface area contributed by atoms with E-state index < -0.39 is 0 Å². The molecular formula is C3H8N2O. The van der Waals surface area contributed by atoms with E-state index in [0.29, 0.717) is 0 Å². The highest BCUT2D eigenvalue weighted by Crippen LogP contribution is 1.48. The Morgan fingerprint density at radius 3 is 2.50 bits per heavy atom. The van der Waals surface area contributed by atoms with E-state index in [2.05, 4.69) is 5.32 Å². The predicted octanol–water partition coefficient (Wildman–Crippen LogP) is -0.961. The first-order valence-electron chi connectivity index (χ1n) is 1.72. The summed E-state index contributed by atoms with van der Waals surface area (Å²) in [6.45, 7) is 1.65. The van der Waals surface area contributed by atoms with E-state index in [4.69, 9.17) is 5.73 Å². The topological polar surface area (TPSA) is 55.1 Å². The fourth-order valence-electron chi connectivity index (χ4n) is 0.144. The number of nitrogens with two attached hydrogens (primary N) is 1. The van der Waals surface area contributed by atoms with E-state index >= 15 is 0 Å². The Morgan fingerprint density at radius 1 is 2.00 bits per heavy atom. The summed E-state index contributed by atoms with van der Waals surface area (Å²) in [4.78, 5) is 9.85. The Morgan fingerprint density at radius 2 is 2.50 bits per heavy atom. The van der Waals surface area contributed by atoms with Gasteiger partial charge in [-0.3, -0.25) is 4.79 Å². The number of hydrogen-bond donors (Lipinski definition) is 2. The summed E-state index contributed by atoms with van der Waals surface area (Å²) in [6.07, 6.45) is 0. The van der Waals surface area contributed by atoms with Crippen molar-refractivity contribution in [3.05, 3.63) is 0 Å². The lowest BCUT2D eigenvalue weighted by atomic mass is 10.7. The molecule has 3 nitrogen and oxygen atoms in total. The van der Waals surface area contributed by atoms with Crippen LogP contribution < -0.4 is 11.1 Å². The molecule has 0 heterocycles. The summed E-state index contributed by atoms with van der Waals surface area (Å²) in [5.41, 5.74) is 4.90. The average molecular weight is 88.1 g/mol. The number of amides is 1. The van der Waals surface area contributed by atoms with Gasteiger partial charge in [-0.15, -0.1) is 0 Å². The van der Waals surface area contributed by atoms with Crippen LogP contribution in [0.5, 0.6) is 0 Å². The average Bonchev–Trinajstić information content (AvgIpc) is 1.35. The molecule has 0 aromatic heterocycles. The zero-order valence-electron chi connectivity index (χ0n) is 3.69. The first-order chi connectivity index (χ1) is 2.77. The van der Waals surface area contributed by atoms with Gasteiger partial charge in [0.2, 0.25) is 5.91 Å². The number of nitrogens with one attached hydrogen (secondary N) is 1. The number of carbonyl (C=O) groups is 1. The minimum absolute atomic E-state index is 0.0856. The summed E-state index contributed by atoms with van der Waals surface area (Å²) in [5.74, 6) is -0.0856. The maximum atomic E-state index is 9.85. The molecule has 3 N–H and O–H groups in total. The molecule has 0 fully saturated rings. The molecule has 0 aliphatic carbocycles. The normalized spacial score (nSPS) is 7.67. The van der Waals surface area contributed by atoms with Crippen LogP contribution in [-0.2, 0) is 4.79 Å². The standard InChI is InChI=1S/C3H8N2O/c1-3(6)5-2-4/h2,4H2,1H3,(H,5,6). The molecule has 0 atom stereocenters. The largest absolute Gasteiger partial charge is 0.344 e. The molecule has 0 aliphatic rings.